The van der Waals surface area contributed by atoms with Gasteiger partial charge in [-0.1, -0.05) is 6.07 Å². The average molecular weight is 300 g/mol. The molecule has 3 aliphatic heterocycles. The van der Waals surface area contributed by atoms with Crippen LogP contribution in [0.25, 0.3) is 0 Å². The van der Waals surface area contributed by atoms with Gasteiger partial charge in [-0.3, -0.25) is 4.79 Å². The third kappa shape index (κ3) is 2.34. The molecular weight excluding hydrogens is 276 g/mol. The van der Waals surface area contributed by atoms with E-state index < -0.39 is 0 Å². The lowest BCUT2D eigenvalue weighted by atomic mass is 10.0. The van der Waals surface area contributed by atoms with Gasteiger partial charge in [0, 0.05) is 24.2 Å². The molecule has 2 atom stereocenters. The van der Waals surface area contributed by atoms with Gasteiger partial charge in [-0.15, -0.1) is 0 Å². The van der Waals surface area contributed by atoms with Crippen LogP contribution in [0.1, 0.15) is 47.2 Å². The minimum Gasteiger partial charge on any atom is -0.372 e. The van der Waals surface area contributed by atoms with Crippen LogP contribution in [0.4, 0.5) is 0 Å². The maximum atomic E-state index is 13.0. The Labute approximate surface area is 132 Å². The highest BCUT2D eigenvalue weighted by Crippen LogP contribution is 2.31. The Hall–Kier alpha value is -1.39. The van der Waals surface area contributed by atoms with Crippen LogP contribution in [0.2, 0.25) is 0 Å². The standard InChI is InChI=1S/C18H24N2O2/c1-19-8-2-4-16(19)17-5-3-9-20(17)18(21)13-6-7-14-11-22-12-15(14)10-13/h6-7,10,16-17H,2-5,8-9,11-12H2,1H3/t16-,17+/m0/s1. The zero-order chi connectivity index (χ0) is 15.1. The highest BCUT2D eigenvalue weighted by atomic mass is 16.5. The van der Waals surface area contributed by atoms with Gasteiger partial charge in [-0.25, -0.2) is 0 Å². The first kappa shape index (κ1) is 14.2. The highest BCUT2D eigenvalue weighted by Gasteiger charge is 2.38. The molecule has 4 heteroatoms. The van der Waals surface area contributed by atoms with E-state index in [1.165, 1.54) is 30.5 Å². The molecule has 2 saturated heterocycles. The third-order valence-corrected chi connectivity index (χ3v) is 5.55. The number of carbonyl (C=O) groups excluding carboxylic acids is 1. The summed E-state index contributed by atoms with van der Waals surface area (Å²) in [6.07, 6.45) is 4.77. The van der Waals surface area contributed by atoms with Crippen molar-refractivity contribution in [1.29, 1.82) is 0 Å². The molecule has 0 unspecified atom stereocenters. The molecule has 4 rings (SSSR count). The SMILES string of the molecule is CN1CCC[C@H]1[C@H]1CCCN1C(=O)c1ccc2c(c1)COC2. The van der Waals surface area contributed by atoms with Crippen molar-refractivity contribution in [3.8, 4) is 0 Å². The third-order valence-electron chi connectivity index (χ3n) is 5.55. The summed E-state index contributed by atoms with van der Waals surface area (Å²) in [6, 6.07) is 7.01. The molecule has 2 fully saturated rings. The molecule has 1 aromatic rings. The molecular formula is C18H24N2O2. The maximum Gasteiger partial charge on any atom is 0.254 e. The van der Waals surface area contributed by atoms with Crippen LogP contribution in [0.5, 0.6) is 0 Å². The van der Waals surface area contributed by atoms with Crippen LogP contribution in [0.15, 0.2) is 18.2 Å². The van der Waals surface area contributed by atoms with E-state index in [1.807, 2.05) is 12.1 Å². The second kappa shape index (κ2) is 5.67. The molecule has 0 aliphatic carbocycles. The van der Waals surface area contributed by atoms with Crippen molar-refractivity contribution in [3.05, 3.63) is 34.9 Å². The van der Waals surface area contributed by atoms with Crippen LogP contribution in [-0.4, -0.2) is 47.9 Å². The summed E-state index contributed by atoms with van der Waals surface area (Å²) in [5.74, 6) is 0.206. The van der Waals surface area contributed by atoms with E-state index >= 15 is 0 Å². The summed E-state index contributed by atoms with van der Waals surface area (Å²) < 4.78 is 5.46. The quantitative estimate of drug-likeness (QED) is 0.841. The molecule has 1 amide bonds. The van der Waals surface area contributed by atoms with E-state index in [2.05, 4.69) is 22.9 Å². The summed E-state index contributed by atoms with van der Waals surface area (Å²) in [7, 11) is 2.20. The molecule has 22 heavy (non-hydrogen) atoms. The molecule has 0 spiro atoms. The summed E-state index contributed by atoms with van der Waals surface area (Å²) >= 11 is 0. The molecule has 4 nitrogen and oxygen atoms in total. The first-order chi connectivity index (χ1) is 10.7. The number of fused-ring (bicyclic) bond motifs is 1. The Bertz CT molecular complexity index is 586. The monoisotopic (exact) mass is 300 g/mol. The first-order valence-electron chi connectivity index (χ1n) is 8.45. The molecule has 0 aromatic heterocycles. The number of hydrogen-bond donors (Lipinski definition) is 0. The van der Waals surface area contributed by atoms with Gasteiger partial charge in [0.05, 0.1) is 13.2 Å². The number of benzene rings is 1. The fourth-order valence-corrected chi connectivity index (χ4v) is 4.34. The van der Waals surface area contributed by atoms with Gasteiger partial charge in [-0.05, 0) is 62.5 Å². The van der Waals surface area contributed by atoms with Gasteiger partial charge < -0.3 is 14.5 Å². The van der Waals surface area contributed by atoms with Crippen LogP contribution >= 0.6 is 0 Å². The molecule has 0 N–H and O–H groups in total. The van der Waals surface area contributed by atoms with Crippen molar-refractivity contribution in [2.45, 2.75) is 51.0 Å². The van der Waals surface area contributed by atoms with Crippen molar-refractivity contribution < 1.29 is 9.53 Å². The molecule has 118 valence electrons. The summed E-state index contributed by atoms with van der Waals surface area (Å²) in [4.78, 5) is 17.6. The van der Waals surface area contributed by atoms with Gasteiger partial charge in [0.1, 0.15) is 0 Å². The van der Waals surface area contributed by atoms with Gasteiger partial charge in [0.25, 0.3) is 5.91 Å². The van der Waals surface area contributed by atoms with Gasteiger partial charge in [-0.2, -0.15) is 0 Å². The van der Waals surface area contributed by atoms with Crippen molar-refractivity contribution in [2.24, 2.45) is 0 Å². The van der Waals surface area contributed by atoms with E-state index in [0.29, 0.717) is 25.3 Å². The Morgan fingerprint density at radius 3 is 2.68 bits per heavy atom. The number of amides is 1. The number of ether oxygens (including phenoxy) is 1. The number of carbonyl (C=O) groups is 1. The van der Waals surface area contributed by atoms with Gasteiger partial charge in [0.15, 0.2) is 0 Å². The van der Waals surface area contributed by atoms with Crippen molar-refractivity contribution >= 4 is 5.91 Å². The normalized spacial score (nSPS) is 28.3. The minimum atomic E-state index is 0.206. The fourth-order valence-electron chi connectivity index (χ4n) is 4.34. The second-order valence-electron chi connectivity index (χ2n) is 6.87. The van der Waals surface area contributed by atoms with E-state index in [0.717, 1.165) is 24.9 Å². The fraction of sp³-hybridized carbons (Fsp3) is 0.611. The molecule has 0 saturated carbocycles. The molecule has 0 radical (unpaired) electrons. The van der Waals surface area contributed by atoms with Crippen LogP contribution in [0, 0.1) is 0 Å². The van der Waals surface area contributed by atoms with Crippen LogP contribution < -0.4 is 0 Å². The van der Waals surface area contributed by atoms with Crippen molar-refractivity contribution in [3.63, 3.8) is 0 Å². The number of likely N-dealkylation sites (tertiary alicyclic amines) is 2. The van der Waals surface area contributed by atoms with Crippen molar-refractivity contribution in [2.75, 3.05) is 20.1 Å². The van der Waals surface area contributed by atoms with Gasteiger partial charge in [0.2, 0.25) is 0 Å². The maximum absolute atomic E-state index is 13.0. The molecule has 1 aromatic carbocycles. The summed E-state index contributed by atoms with van der Waals surface area (Å²) in [5, 5.41) is 0. The lowest BCUT2D eigenvalue weighted by molar-refractivity contribution is 0.0664. The van der Waals surface area contributed by atoms with E-state index in [1.54, 1.807) is 0 Å². The van der Waals surface area contributed by atoms with E-state index in [-0.39, 0.29) is 5.91 Å². The Morgan fingerprint density at radius 2 is 1.86 bits per heavy atom. The summed E-state index contributed by atoms with van der Waals surface area (Å²) in [6.45, 7) is 3.40. The van der Waals surface area contributed by atoms with Gasteiger partial charge >= 0.3 is 0 Å². The number of likely N-dealkylation sites (N-methyl/N-ethyl adjacent to an activating group) is 1. The van der Waals surface area contributed by atoms with E-state index in [4.69, 9.17) is 4.74 Å². The summed E-state index contributed by atoms with van der Waals surface area (Å²) in [5.41, 5.74) is 3.24. The molecule has 0 bridgehead atoms. The number of nitrogens with zero attached hydrogens (tertiary/aromatic N) is 2. The molecule has 3 aliphatic rings. The molecule has 3 heterocycles. The minimum absolute atomic E-state index is 0.206. The lowest BCUT2D eigenvalue weighted by Crippen LogP contribution is -2.47. The topological polar surface area (TPSA) is 32.8 Å². The number of rotatable bonds is 2. The van der Waals surface area contributed by atoms with E-state index in [9.17, 15) is 4.79 Å². The smallest absolute Gasteiger partial charge is 0.254 e. The number of hydrogen-bond acceptors (Lipinski definition) is 3. The highest BCUT2D eigenvalue weighted by molar-refractivity contribution is 5.95. The predicted molar refractivity (Wildman–Crippen MR) is 84.6 cm³/mol. The Kier molecular flexibility index (Phi) is 3.66. The Balaban J connectivity index is 1.56. The average Bonchev–Trinajstić information content (AvgIpc) is 3.25. The lowest BCUT2D eigenvalue weighted by Gasteiger charge is -2.33. The van der Waals surface area contributed by atoms with Crippen LogP contribution in [-0.2, 0) is 18.0 Å². The first-order valence-corrected chi connectivity index (χ1v) is 8.45. The van der Waals surface area contributed by atoms with Crippen LogP contribution in [0.3, 0.4) is 0 Å². The zero-order valence-corrected chi connectivity index (χ0v) is 13.3. The Morgan fingerprint density at radius 1 is 1.09 bits per heavy atom. The predicted octanol–water partition coefficient (Wildman–Crippen LogP) is 2.42. The van der Waals surface area contributed by atoms with Crippen molar-refractivity contribution in [1.82, 2.24) is 9.80 Å². The second-order valence-corrected chi connectivity index (χ2v) is 6.87. The zero-order valence-electron chi connectivity index (χ0n) is 13.3. The largest absolute Gasteiger partial charge is 0.372 e.